The molecule has 0 spiro atoms. The molecule has 1 atom stereocenters. The molecule has 1 unspecified atom stereocenters. The van der Waals surface area contributed by atoms with Gasteiger partial charge in [0.2, 0.25) is 10.0 Å². The van der Waals surface area contributed by atoms with Crippen LogP contribution in [0.2, 0.25) is 5.02 Å². The highest BCUT2D eigenvalue weighted by Gasteiger charge is 2.30. The summed E-state index contributed by atoms with van der Waals surface area (Å²) in [6.07, 6.45) is 9.64. The summed E-state index contributed by atoms with van der Waals surface area (Å²) in [4.78, 5) is 12.6. The van der Waals surface area contributed by atoms with E-state index in [1.807, 2.05) is 0 Å². The third-order valence-electron chi connectivity index (χ3n) is 5.73. The van der Waals surface area contributed by atoms with Gasteiger partial charge in [0.15, 0.2) is 0 Å². The number of nitrogens with one attached hydrogen (secondary N) is 2. The number of urea groups is 1. The van der Waals surface area contributed by atoms with Crippen LogP contribution in [0.3, 0.4) is 0 Å². The summed E-state index contributed by atoms with van der Waals surface area (Å²) >= 11 is 5.87. The lowest BCUT2D eigenvalue weighted by Gasteiger charge is -2.32. The van der Waals surface area contributed by atoms with Crippen molar-refractivity contribution in [1.82, 2.24) is 14.9 Å². The number of nitrogens with zero attached hydrogens (tertiary/aromatic N) is 1. The van der Waals surface area contributed by atoms with E-state index in [1.54, 1.807) is 24.3 Å². The van der Waals surface area contributed by atoms with Crippen molar-refractivity contribution in [3.63, 3.8) is 0 Å². The summed E-state index contributed by atoms with van der Waals surface area (Å²) in [6, 6.07) is 7.22. The van der Waals surface area contributed by atoms with Gasteiger partial charge in [-0.15, -0.1) is 0 Å². The van der Waals surface area contributed by atoms with E-state index in [0.29, 0.717) is 24.7 Å². The average Bonchev–Trinajstić information content (AvgIpc) is 2.69. The SMILES string of the molecule is O=C(NCC1CCCN(S(=O)(=O)c2ccc(Cl)cc2)C1)N[C]1CCCCCCC1.[CH2].[CH2]. The van der Waals surface area contributed by atoms with Gasteiger partial charge in [0.1, 0.15) is 0 Å². The molecule has 1 aliphatic carbocycles. The zero-order chi connectivity index (χ0) is 20.7. The van der Waals surface area contributed by atoms with Crippen LogP contribution in [0, 0.1) is 26.8 Å². The van der Waals surface area contributed by atoms with Gasteiger partial charge in [0.25, 0.3) is 0 Å². The first-order valence-corrected chi connectivity index (χ1v) is 12.4. The molecule has 1 heterocycles. The predicted octanol–water partition coefficient (Wildman–Crippen LogP) is 4.97. The van der Waals surface area contributed by atoms with Crippen LogP contribution in [0.15, 0.2) is 29.2 Å². The van der Waals surface area contributed by atoms with Crippen LogP contribution < -0.4 is 10.6 Å². The van der Waals surface area contributed by atoms with Crippen LogP contribution in [0.25, 0.3) is 0 Å². The summed E-state index contributed by atoms with van der Waals surface area (Å²) in [5, 5.41) is 6.48. The summed E-state index contributed by atoms with van der Waals surface area (Å²) in [7, 11) is -3.54. The van der Waals surface area contributed by atoms with E-state index >= 15 is 0 Å². The predicted molar refractivity (Wildman–Crippen MR) is 126 cm³/mol. The van der Waals surface area contributed by atoms with Crippen molar-refractivity contribution in [3.8, 4) is 0 Å². The molecular formula is C23H35ClN3O3S. The van der Waals surface area contributed by atoms with E-state index in [1.165, 1.54) is 23.6 Å². The molecule has 173 valence electrons. The smallest absolute Gasteiger partial charge is 0.315 e. The van der Waals surface area contributed by atoms with Crippen LogP contribution in [-0.4, -0.2) is 38.4 Å². The van der Waals surface area contributed by atoms with Crippen molar-refractivity contribution in [2.75, 3.05) is 19.6 Å². The molecule has 0 aromatic heterocycles. The second kappa shape index (κ2) is 13.3. The van der Waals surface area contributed by atoms with Crippen LogP contribution in [0.1, 0.15) is 57.8 Å². The minimum absolute atomic E-state index is 0. The van der Waals surface area contributed by atoms with Crippen LogP contribution in [0.4, 0.5) is 4.79 Å². The molecule has 1 saturated heterocycles. The van der Waals surface area contributed by atoms with Gasteiger partial charge in [-0.3, -0.25) is 0 Å². The lowest BCUT2D eigenvalue weighted by atomic mass is 9.97. The highest BCUT2D eigenvalue weighted by molar-refractivity contribution is 7.89. The van der Waals surface area contributed by atoms with E-state index in [-0.39, 0.29) is 31.7 Å². The Morgan fingerprint density at radius 3 is 2.26 bits per heavy atom. The van der Waals surface area contributed by atoms with Crippen LogP contribution in [0.5, 0.6) is 0 Å². The summed E-state index contributed by atoms with van der Waals surface area (Å²) in [6.45, 7) is 1.40. The Morgan fingerprint density at radius 1 is 1.00 bits per heavy atom. The Hall–Kier alpha value is -1.31. The fraction of sp³-hybridized carbons (Fsp3) is 0.565. The van der Waals surface area contributed by atoms with Crippen molar-refractivity contribution in [3.05, 3.63) is 50.2 Å². The Morgan fingerprint density at radius 2 is 1.61 bits per heavy atom. The van der Waals surface area contributed by atoms with E-state index in [0.717, 1.165) is 44.6 Å². The zero-order valence-corrected chi connectivity index (χ0v) is 19.8. The van der Waals surface area contributed by atoms with Crippen molar-refractivity contribution < 1.29 is 13.2 Å². The summed E-state index contributed by atoms with van der Waals surface area (Å²) in [5.41, 5.74) is 0. The molecule has 1 aliphatic heterocycles. The standard InChI is InChI=1S/C21H31ClN3O3S.2CH2/c22-18-10-12-20(13-11-18)29(27,28)25-14-6-7-17(16-25)15-23-21(26)24-19-8-4-2-1-3-5-9-19;;/h10-13,17H,1-9,14-16H2,(H2,23,24,26);2*1H2. The second-order valence-corrected chi connectivity index (χ2v) is 10.4. The number of halogens is 1. The van der Waals surface area contributed by atoms with Gasteiger partial charge >= 0.3 is 6.03 Å². The molecule has 31 heavy (non-hydrogen) atoms. The highest BCUT2D eigenvalue weighted by Crippen LogP contribution is 2.25. The van der Waals surface area contributed by atoms with Crippen molar-refractivity contribution in [2.24, 2.45) is 5.92 Å². The highest BCUT2D eigenvalue weighted by atomic mass is 35.5. The maximum Gasteiger partial charge on any atom is 0.315 e. The number of piperidine rings is 1. The second-order valence-electron chi connectivity index (χ2n) is 8.03. The molecule has 2 amide bonds. The van der Waals surface area contributed by atoms with E-state index in [2.05, 4.69) is 10.6 Å². The van der Waals surface area contributed by atoms with Gasteiger partial charge < -0.3 is 10.6 Å². The van der Waals surface area contributed by atoms with Crippen molar-refractivity contribution in [1.29, 1.82) is 0 Å². The largest absolute Gasteiger partial charge is 0.338 e. The minimum atomic E-state index is -3.54. The number of hydrogen-bond donors (Lipinski definition) is 2. The first-order valence-electron chi connectivity index (χ1n) is 10.6. The van der Waals surface area contributed by atoms with Crippen molar-refractivity contribution >= 4 is 27.7 Å². The van der Waals surface area contributed by atoms with Gasteiger partial charge in [-0.25, -0.2) is 13.2 Å². The van der Waals surface area contributed by atoms with Gasteiger partial charge in [-0.05, 0) is 55.9 Å². The third-order valence-corrected chi connectivity index (χ3v) is 7.86. The zero-order valence-electron chi connectivity index (χ0n) is 18.2. The fourth-order valence-electron chi connectivity index (χ4n) is 4.07. The van der Waals surface area contributed by atoms with Crippen LogP contribution >= 0.6 is 11.6 Å². The maximum atomic E-state index is 12.9. The molecule has 1 aromatic carbocycles. The maximum absolute atomic E-state index is 12.9. The molecule has 8 heteroatoms. The Labute approximate surface area is 194 Å². The van der Waals surface area contributed by atoms with Crippen LogP contribution in [-0.2, 0) is 10.0 Å². The van der Waals surface area contributed by atoms with E-state index < -0.39 is 10.0 Å². The number of carbonyl (C=O) groups excluding carboxylic acids is 1. The molecule has 5 radical (unpaired) electrons. The molecule has 2 fully saturated rings. The minimum Gasteiger partial charge on any atom is -0.338 e. The molecule has 2 N–H and O–H groups in total. The Kier molecular flexibility index (Phi) is 11.9. The summed E-state index contributed by atoms with van der Waals surface area (Å²) < 4.78 is 27.3. The number of carbonyl (C=O) groups is 1. The number of rotatable bonds is 5. The lowest BCUT2D eigenvalue weighted by Crippen LogP contribution is -2.46. The molecule has 0 bridgehead atoms. The van der Waals surface area contributed by atoms with Crippen molar-refractivity contribution in [2.45, 2.75) is 62.7 Å². The molecule has 1 aromatic rings. The lowest BCUT2D eigenvalue weighted by molar-refractivity contribution is 0.229. The molecule has 1 saturated carbocycles. The molecule has 6 nitrogen and oxygen atoms in total. The van der Waals surface area contributed by atoms with Gasteiger partial charge in [-0.1, -0.05) is 58.6 Å². The van der Waals surface area contributed by atoms with Gasteiger partial charge in [-0.2, -0.15) is 4.31 Å². The van der Waals surface area contributed by atoms with Gasteiger partial charge in [0, 0.05) is 24.7 Å². The summed E-state index contributed by atoms with van der Waals surface area (Å²) in [5.74, 6) is 0.110. The topological polar surface area (TPSA) is 78.5 Å². The third kappa shape index (κ3) is 8.28. The fourth-order valence-corrected chi connectivity index (χ4v) is 5.75. The molecule has 3 rings (SSSR count). The average molecular weight is 469 g/mol. The van der Waals surface area contributed by atoms with Gasteiger partial charge in [0.05, 0.1) is 10.9 Å². The quantitative estimate of drug-likeness (QED) is 0.640. The first kappa shape index (κ1) is 27.7. The Bertz CT molecular complexity index is 763. The number of benzene rings is 1. The number of amides is 2. The van der Waals surface area contributed by atoms with E-state index in [9.17, 15) is 13.2 Å². The normalized spacial score (nSPS) is 21.0. The molecule has 2 aliphatic rings. The number of hydrogen-bond acceptors (Lipinski definition) is 3. The number of sulfonamides is 1. The van der Waals surface area contributed by atoms with E-state index in [4.69, 9.17) is 11.6 Å². The molecular weight excluding hydrogens is 434 g/mol. The monoisotopic (exact) mass is 468 g/mol. The Balaban J connectivity index is 0.00000240. The first-order chi connectivity index (χ1) is 13.9.